The number of H-pyrrole nitrogens is 1. The van der Waals surface area contributed by atoms with Crippen molar-refractivity contribution in [1.82, 2.24) is 25.6 Å². The quantitative estimate of drug-likeness (QED) is 0.440. The van der Waals surface area contributed by atoms with Crippen molar-refractivity contribution in [3.8, 4) is 0 Å². The van der Waals surface area contributed by atoms with Crippen LogP contribution in [0.4, 0.5) is 4.39 Å². The molecule has 4 rings (SSSR count). The number of nitrogens with one attached hydrogen (secondary N) is 3. The molecule has 0 aliphatic rings. The van der Waals surface area contributed by atoms with E-state index in [0.717, 1.165) is 29.0 Å². The Bertz CT molecular complexity index is 1010. The third-order valence-electron chi connectivity index (χ3n) is 4.54. The Hall–Kier alpha value is -3.09. The molecule has 0 aliphatic carbocycles. The number of nitrogens with zero attached hydrogens (tertiary/aromatic N) is 2. The van der Waals surface area contributed by atoms with Gasteiger partial charge < -0.3 is 15.6 Å². The fourth-order valence-corrected chi connectivity index (χ4v) is 3.06. The van der Waals surface area contributed by atoms with Crippen molar-refractivity contribution in [2.45, 2.75) is 26.2 Å². The van der Waals surface area contributed by atoms with Gasteiger partial charge in [-0.2, -0.15) is 0 Å². The maximum atomic E-state index is 13.6. The first-order chi connectivity index (χ1) is 13.8. The second-order valence-corrected chi connectivity index (χ2v) is 6.66. The minimum atomic E-state index is -0.277. The zero-order chi connectivity index (χ0) is 19.2. The summed E-state index contributed by atoms with van der Waals surface area (Å²) in [5.41, 5.74) is 4.84. The van der Waals surface area contributed by atoms with E-state index >= 15 is 0 Å². The maximum absolute atomic E-state index is 13.6. The van der Waals surface area contributed by atoms with Gasteiger partial charge in [0.2, 0.25) is 0 Å². The first-order valence-corrected chi connectivity index (χ1v) is 9.30. The van der Waals surface area contributed by atoms with Crippen molar-refractivity contribution >= 4 is 11.0 Å². The van der Waals surface area contributed by atoms with Gasteiger partial charge in [-0.25, -0.2) is 9.37 Å². The number of hydrogen-bond donors (Lipinski definition) is 3. The highest BCUT2D eigenvalue weighted by Gasteiger charge is 2.03. The number of hydrogen-bond acceptors (Lipinski definition) is 4. The number of halogens is 1. The van der Waals surface area contributed by atoms with E-state index < -0.39 is 0 Å². The Morgan fingerprint density at radius 3 is 2.21 bits per heavy atom. The van der Waals surface area contributed by atoms with Crippen LogP contribution in [0.2, 0.25) is 0 Å². The highest BCUT2D eigenvalue weighted by molar-refractivity contribution is 5.74. The lowest BCUT2D eigenvalue weighted by Gasteiger charge is -2.07. The van der Waals surface area contributed by atoms with Gasteiger partial charge in [0.05, 0.1) is 23.3 Å². The number of aromatic amines is 1. The number of rotatable bonds is 8. The van der Waals surface area contributed by atoms with E-state index in [4.69, 9.17) is 0 Å². The van der Waals surface area contributed by atoms with Crippen LogP contribution in [0.15, 0.2) is 66.9 Å². The number of benzene rings is 2. The lowest BCUT2D eigenvalue weighted by Crippen LogP contribution is -2.15. The van der Waals surface area contributed by atoms with Crippen molar-refractivity contribution in [1.29, 1.82) is 0 Å². The molecule has 2 heterocycles. The summed E-state index contributed by atoms with van der Waals surface area (Å²) < 4.78 is 13.6. The zero-order valence-electron chi connectivity index (χ0n) is 15.5. The molecule has 28 heavy (non-hydrogen) atoms. The highest BCUT2D eigenvalue weighted by Crippen LogP contribution is 2.10. The summed E-state index contributed by atoms with van der Waals surface area (Å²) >= 11 is 0. The Kier molecular flexibility index (Phi) is 5.70. The molecule has 2 aromatic carbocycles. The third-order valence-corrected chi connectivity index (χ3v) is 4.54. The van der Waals surface area contributed by atoms with Crippen LogP contribution < -0.4 is 10.6 Å². The molecule has 2 aromatic heterocycles. The van der Waals surface area contributed by atoms with E-state index in [1.807, 2.05) is 24.3 Å². The van der Waals surface area contributed by atoms with Gasteiger partial charge in [0.1, 0.15) is 11.6 Å². The molecular weight excluding hydrogens is 353 g/mol. The topological polar surface area (TPSA) is 65.6 Å². The first kappa shape index (κ1) is 18.3. The van der Waals surface area contributed by atoms with E-state index in [9.17, 15) is 4.39 Å². The van der Waals surface area contributed by atoms with Crippen LogP contribution in [-0.2, 0) is 26.2 Å². The number of pyridine rings is 1. The van der Waals surface area contributed by atoms with Gasteiger partial charge in [-0.05, 0) is 35.4 Å². The van der Waals surface area contributed by atoms with Crippen LogP contribution in [-0.4, -0.2) is 15.0 Å². The zero-order valence-corrected chi connectivity index (χ0v) is 15.5. The number of imidazole rings is 1. The molecule has 4 aromatic rings. The molecule has 0 unspecified atom stereocenters. The molecule has 0 spiro atoms. The van der Waals surface area contributed by atoms with Crippen molar-refractivity contribution in [2.75, 3.05) is 0 Å². The lowest BCUT2D eigenvalue weighted by atomic mass is 10.1. The van der Waals surface area contributed by atoms with E-state index in [1.54, 1.807) is 12.3 Å². The number of para-hydroxylation sites is 2. The van der Waals surface area contributed by atoms with E-state index in [1.165, 1.54) is 11.6 Å². The summed E-state index contributed by atoms with van der Waals surface area (Å²) in [4.78, 5) is 11.9. The van der Waals surface area contributed by atoms with Crippen molar-refractivity contribution in [2.24, 2.45) is 0 Å². The van der Waals surface area contributed by atoms with Gasteiger partial charge in [-0.15, -0.1) is 0 Å². The van der Waals surface area contributed by atoms with Gasteiger partial charge in [-0.1, -0.05) is 36.4 Å². The Morgan fingerprint density at radius 2 is 1.50 bits per heavy atom. The van der Waals surface area contributed by atoms with E-state index in [-0.39, 0.29) is 5.82 Å². The SMILES string of the molecule is Fc1cccnc1CNCc1ccc(CNCc2nc3ccccc3[nH]2)cc1. The van der Waals surface area contributed by atoms with Gasteiger partial charge >= 0.3 is 0 Å². The minimum Gasteiger partial charge on any atom is -0.341 e. The third kappa shape index (κ3) is 4.60. The summed E-state index contributed by atoms with van der Waals surface area (Å²) in [7, 11) is 0. The van der Waals surface area contributed by atoms with Crippen molar-refractivity contribution < 1.29 is 4.39 Å². The Balaban J connectivity index is 1.23. The number of fused-ring (bicyclic) bond motifs is 1. The van der Waals surface area contributed by atoms with Crippen LogP contribution >= 0.6 is 0 Å². The normalized spacial score (nSPS) is 11.2. The van der Waals surface area contributed by atoms with Crippen molar-refractivity contribution in [3.05, 3.63) is 95.3 Å². The molecular formula is C22H22FN5. The van der Waals surface area contributed by atoms with Crippen LogP contribution in [0, 0.1) is 5.82 Å². The summed E-state index contributed by atoms with van der Waals surface area (Å²) in [5, 5.41) is 6.64. The molecule has 0 atom stereocenters. The predicted octanol–water partition coefficient (Wildman–Crippen LogP) is 3.68. The molecule has 0 fully saturated rings. The molecule has 0 saturated heterocycles. The highest BCUT2D eigenvalue weighted by atomic mass is 19.1. The van der Waals surface area contributed by atoms with Crippen LogP contribution in [0.5, 0.6) is 0 Å². The van der Waals surface area contributed by atoms with Gasteiger partial charge in [0.25, 0.3) is 0 Å². The monoisotopic (exact) mass is 375 g/mol. The smallest absolute Gasteiger partial charge is 0.146 e. The Labute approximate surface area is 163 Å². The number of aromatic nitrogens is 3. The molecule has 5 nitrogen and oxygen atoms in total. The molecule has 0 aliphatic heterocycles. The lowest BCUT2D eigenvalue weighted by molar-refractivity contribution is 0.574. The summed E-state index contributed by atoms with van der Waals surface area (Å²) in [6, 6.07) is 19.4. The maximum Gasteiger partial charge on any atom is 0.146 e. The minimum absolute atomic E-state index is 0.277. The van der Waals surface area contributed by atoms with Crippen molar-refractivity contribution in [3.63, 3.8) is 0 Å². The first-order valence-electron chi connectivity index (χ1n) is 9.30. The summed E-state index contributed by atoms with van der Waals surface area (Å²) in [5.74, 6) is 0.657. The van der Waals surface area contributed by atoms with Crippen LogP contribution in [0.1, 0.15) is 22.6 Å². The fraction of sp³-hybridized carbons (Fsp3) is 0.182. The predicted molar refractivity (Wildman–Crippen MR) is 108 cm³/mol. The Morgan fingerprint density at radius 1 is 0.786 bits per heavy atom. The molecule has 0 saturated carbocycles. The molecule has 0 radical (unpaired) electrons. The molecule has 142 valence electrons. The fourth-order valence-electron chi connectivity index (χ4n) is 3.06. The van der Waals surface area contributed by atoms with E-state index in [2.05, 4.69) is 49.9 Å². The largest absolute Gasteiger partial charge is 0.341 e. The van der Waals surface area contributed by atoms with Crippen LogP contribution in [0.3, 0.4) is 0 Å². The average molecular weight is 375 g/mol. The molecule has 0 amide bonds. The van der Waals surface area contributed by atoms with Gasteiger partial charge in [-0.3, -0.25) is 4.98 Å². The molecule has 6 heteroatoms. The van der Waals surface area contributed by atoms with Gasteiger partial charge in [0.15, 0.2) is 0 Å². The second kappa shape index (κ2) is 8.73. The standard InChI is InChI=1S/C22H22FN5/c23-18-4-3-11-26-21(18)14-24-12-16-7-9-17(10-8-16)13-25-15-22-27-19-5-1-2-6-20(19)28-22/h1-11,24-25H,12-15H2,(H,27,28). The molecule has 3 N–H and O–H groups in total. The molecule has 0 bridgehead atoms. The van der Waals surface area contributed by atoms with E-state index in [0.29, 0.717) is 25.3 Å². The van der Waals surface area contributed by atoms with Gasteiger partial charge in [0, 0.05) is 25.8 Å². The second-order valence-electron chi connectivity index (χ2n) is 6.66. The van der Waals surface area contributed by atoms with Crippen LogP contribution in [0.25, 0.3) is 11.0 Å². The summed E-state index contributed by atoms with van der Waals surface area (Å²) in [6.45, 7) is 2.54. The summed E-state index contributed by atoms with van der Waals surface area (Å²) in [6.07, 6.45) is 1.60. The average Bonchev–Trinajstić information content (AvgIpc) is 3.13.